The van der Waals surface area contributed by atoms with E-state index in [1.807, 2.05) is 0 Å². The van der Waals surface area contributed by atoms with E-state index in [0.717, 1.165) is 18.9 Å². The summed E-state index contributed by atoms with van der Waals surface area (Å²) >= 11 is 0. The number of carbonyl (C=O) groups is 1. The van der Waals surface area contributed by atoms with Crippen LogP contribution in [0.5, 0.6) is 0 Å². The Kier molecular flexibility index (Phi) is 24.9. The number of unbranched alkanes of at least 4 members (excludes halogenated alkanes) is 2. The van der Waals surface area contributed by atoms with Crippen molar-refractivity contribution in [1.29, 1.82) is 0 Å². The zero-order chi connectivity index (χ0) is 9.82. The van der Waals surface area contributed by atoms with Crippen molar-refractivity contribution in [3.63, 3.8) is 0 Å². The molecule has 13 heavy (non-hydrogen) atoms. The van der Waals surface area contributed by atoms with Crippen LogP contribution in [0.25, 0.3) is 0 Å². The van der Waals surface area contributed by atoms with Gasteiger partial charge in [-0.05, 0) is 5.78 Å². The van der Waals surface area contributed by atoms with Crippen molar-refractivity contribution in [2.45, 2.75) is 25.7 Å². The standard InChI is InChI=1S/C5H4O2.C5H10.Mn/c1-2-5(7)3-4-6;1-3-5-4-2;/h1-2H,3H2;1-5H2;/q2*-2;. The SMILES string of the molecule is [CH-]=CC(=O)C[C-]=O.[CH2-]CCC[CH2-].[Mn]. The van der Waals surface area contributed by atoms with Crippen LogP contribution in [-0.4, -0.2) is 12.1 Å². The molecule has 0 heterocycles. The molecule has 0 atom stereocenters. The second-order valence-corrected chi connectivity index (χ2v) is 2.01. The van der Waals surface area contributed by atoms with Gasteiger partial charge in [0.1, 0.15) is 0 Å². The minimum Gasteiger partial charge on any atom is -0.543 e. The second kappa shape index (κ2) is 17.6. The van der Waals surface area contributed by atoms with Crippen LogP contribution in [0.2, 0.25) is 0 Å². The van der Waals surface area contributed by atoms with Gasteiger partial charge in [-0.3, -0.25) is 12.9 Å². The number of carbonyl (C=O) groups excluding carboxylic acids is 2. The van der Waals surface area contributed by atoms with E-state index >= 15 is 0 Å². The Morgan fingerprint density at radius 1 is 1.38 bits per heavy atom. The molecule has 0 unspecified atom stereocenters. The number of hydrogen-bond donors (Lipinski definition) is 0. The topological polar surface area (TPSA) is 34.1 Å². The fraction of sp³-hybridized carbons (Fsp3) is 0.400. The third-order valence-corrected chi connectivity index (χ3v) is 0.932. The van der Waals surface area contributed by atoms with Gasteiger partial charge in [0.15, 0.2) is 0 Å². The van der Waals surface area contributed by atoms with E-state index in [1.165, 1.54) is 12.7 Å². The van der Waals surface area contributed by atoms with Gasteiger partial charge in [0.25, 0.3) is 0 Å². The summed E-state index contributed by atoms with van der Waals surface area (Å²) in [6.45, 7) is 12.0. The van der Waals surface area contributed by atoms with E-state index < -0.39 is 5.78 Å². The third kappa shape index (κ3) is 24.5. The first-order valence-electron chi connectivity index (χ1n) is 3.74. The molecular weight excluding hydrogens is 207 g/mol. The maximum Gasteiger partial charge on any atom is 0 e. The van der Waals surface area contributed by atoms with E-state index in [1.54, 1.807) is 0 Å². The summed E-state index contributed by atoms with van der Waals surface area (Å²) in [5, 5.41) is 0. The minimum atomic E-state index is -0.394. The van der Waals surface area contributed by atoms with Crippen molar-refractivity contribution in [1.82, 2.24) is 0 Å². The van der Waals surface area contributed by atoms with Crippen molar-refractivity contribution >= 4 is 12.1 Å². The maximum atomic E-state index is 9.97. The van der Waals surface area contributed by atoms with Gasteiger partial charge in [-0.15, -0.1) is 6.42 Å². The van der Waals surface area contributed by atoms with Gasteiger partial charge in [-0.25, -0.2) is 6.08 Å². The summed E-state index contributed by atoms with van der Waals surface area (Å²) in [6.07, 6.45) is 5.26. The number of hydrogen-bond acceptors (Lipinski definition) is 2. The van der Waals surface area contributed by atoms with Crippen molar-refractivity contribution in [2.24, 2.45) is 0 Å². The average Bonchev–Trinajstić information content (AvgIpc) is 2.07. The molecule has 0 amide bonds. The molecular formula is C10H14MnO2-4. The molecule has 77 valence electrons. The second-order valence-electron chi connectivity index (χ2n) is 2.01. The molecule has 0 aromatic carbocycles. The van der Waals surface area contributed by atoms with Crippen molar-refractivity contribution < 1.29 is 26.7 Å². The van der Waals surface area contributed by atoms with Gasteiger partial charge in [-0.1, -0.05) is 0 Å². The van der Waals surface area contributed by atoms with Gasteiger partial charge < -0.3 is 23.4 Å². The molecule has 0 rings (SSSR count). The summed E-state index contributed by atoms with van der Waals surface area (Å²) in [4.78, 5) is 19.3. The van der Waals surface area contributed by atoms with Crippen LogP contribution in [0, 0.1) is 20.4 Å². The summed E-state index contributed by atoms with van der Waals surface area (Å²) in [7, 11) is 0. The Bertz CT molecular complexity index is 131. The Hall–Kier alpha value is -0.401. The van der Waals surface area contributed by atoms with Crippen molar-refractivity contribution in [3.05, 3.63) is 26.5 Å². The van der Waals surface area contributed by atoms with E-state index in [4.69, 9.17) is 6.58 Å². The molecule has 0 bridgehead atoms. The van der Waals surface area contributed by atoms with Gasteiger partial charge in [0, 0.05) is 17.1 Å². The third-order valence-electron chi connectivity index (χ3n) is 0.932. The Morgan fingerprint density at radius 3 is 1.92 bits per heavy atom. The van der Waals surface area contributed by atoms with Crippen LogP contribution in [-0.2, 0) is 26.7 Å². The number of rotatable bonds is 5. The average molecular weight is 221 g/mol. The summed E-state index contributed by atoms with van der Waals surface area (Å²) in [5.74, 6) is -0.394. The quantitative estimate of drug-likeness (QED) is 0.307. The van der Waals surface area contributed by atoms with Crippen LogP contribution in [0.1, 0.15) is 25.7 Å². The van der Waals surface area contributed by atoms with Crippen LogP contribution in [0.15, 0.2) is 6.08 Å². The Balaban J connectivity index is -0.000000150. The fourth-order valence-corrected chi connectivity index (χ4v) is 0.307. The van der Waals surface area contributed by atoms with Crippen LogP contribution >= 0.6 is 0 Å². The normalized spacial score (nSPS) is 7.23. The zero-order valence-electron chi connectivity index (χ0n) is 7.59. The van der Waals surface area contributed by atoms with Crippen molar-refractivity contribution in [3.8, 4) is 0 Å². The first-order chi connectivity index (χ1) is 5.72. The van der Waals surface area contributed by atoms with Crippen LogP contribution in [0.3, 0.4) is 0 Å². The monoisotopic (exact) mass is 221 g/mol. The predicted octanol–water partition coefficient (Wildman–Crippen LogP) is 1.87. The van der Waals surface area contributed by atoms with E-state index in [0.29, 0.717) is 0 Å². The molecule has 0 fully saturated rings. The largest absolute Gasteiger partial charge is 0.543 e. The van der Waals surface area contributed by atoms with Gasteiger partial charge in [-0.2, -0.15) is 19.3 Å². The van der Waals surface area contributed by atoms with Gasteiger partial charge in [0.2, 0.25) is 0 Å². The van der Waals surface area contributed by atoms with Gasteiger partial charge >= 0.3 is 0 Å². The maximum absolute atomic E-state index is 9.97. The molecule has 0 saturated carbocycles. The smallest absolute Gasteiger partial charge is 0 e. The molecule has 0 aliphatic carbocycles. The molecule has 0 aliphatic heterocycles. The van der Waals surface area contributed by atoms with Crippen LogP contribution < -0.4 is 0 Å². The first-order valence-corrected chi connectivity index (χ1v) is 3.74. The number of ketones is 1. The fourth-order valence-electron chi connectivity index (χ4n) is 0.307. The minimum absolute atomic E-state index is 0. The molecule has 1 radical (unpaired) electrons. The van der Waals surface area contributed by atoms with Crippen molar-refractivity contribution in [2.75, 3.05) is 0 Å². The molecule has 0 N–H and O–H groups in total. The zero-order valence-corrected chi connectivity index (χ0v) is 8.77. The summed E-state index contributed by atoms with van der Waals surface area (Å²) < 4.78 is 0. The van der Waals surface area contributed by atoms with E-state index in [-0.39, 0.29) is 23.5 Å². The molecule has 0 aromatic heterocycles. The molecule has 3 heteroatoms. The molecule has 0 saturated heterocycles. The molecule has 2 nitrogen and oxygen atoms in total. The molecule has 0 aromatic rings. The van der Waals surface area contributed by atoms with E-state index in [2.05, 4.69) is 13.8 Å². The van der Waals surface area contributed by atoms with Gasteiger partial charge in [0.05, 0.1) is 0 Å². The Labute approximate surface area is 91.3 Å². The summed E-state index contributed by atoms with van der Waals surface area (Å²) in [5.41, 5.74) is 0. The number of allylic oxidation sites excluding steroid dienone is 1. The molecule has 0 aliphatic rings. The Morgan fingerprint density at radius 2 is 1.85 bits per heavy atom. The first kappa shape index (κ1) is 18.4. The van der Waals surface area contributed by atoms with E-state index in [9.17, 15) is 9.59 Å². The molecule has 0 spiro atoms. The van der Waals surface area contributed by atoms with Crippen LogP contribution in [0.4, 0.5) is 0 Å². The predicted molar refractivity (Wildman–Crippen MR) is 48.8 cm³/mol. The summed E-state index contributed by atoms with van der Waals surface area (Å²) in [6, 6.07) is 0.